The van der Waals surface area contributed by atoms with Gasteiger partial charge in [-0.15, -0.1) is 0 Å². The van der Waals surface area contributed by atoms with Crippen molar-refractivity contribution in [1.82, 2.24) is 4.90 Å². The van der Waals surface area contributed by atoms with E-state index in [1.54, 1.807) is 0 Å². The summed E-state index contributed by atoms with van der Waals surface area (Å²) in [6.07, 6.45) is 4.68. The lowest BCUT2D eigenvalue weighted by atomic mass is 10.1. The Labute approximate surface area is 82.9 Å². The van der Waals surface area contributed by atoms with Crippen LogP contribution in [0, 0.1) is 5.92 Å². The van der Waals surface area contributed by atoms with Gasteiger partial charge in [0.1, 0.15) is 0 Å². The van der Waals surface area contributed by atoms with E-state index in [1.807, 2.05) is 0 Å². The number of rotatable bonds is 8. The van der Waals surface area contributed by atoms with Crippen molar-refractivity contribution in [3.63, 3.8) is 0 Å². The maximum atomic E-state index is 8.61. The molecule has 0 unspecified atom stereocenters. The summed E-state index contributed by atoms with van der Waals surface area (Å²) < 4.78 is 0. The molecule has 2 heteroatoms. The van der Waals surface area contributed by atoms with Crippen LogP contribution in [0.5, 0.6) is 0 Å². The molecule has 0 atom stereocenters. The summed E-state index contributed by atoms with van der Waals surface area (Å²) in [5.74, 6) is 0.825. The molecule has 0 spiro atoms. The molecule has 0 bridgehead atoms. The summed E-state index contributed by atoms with van der Waals surface area (Å²) in [5.41, 5.74) is 0. The quantitative estimate of drug-likeness (QED) is 0.588. The molecule has 0 radical (unpaired) electrons. The van der Waals surface area contributed by atoms with Crippen molar-refractivity contribution in [3.8, 4) is 0 Å². The monoisotopic (exact) mass is 187 g/mol. The van der Waals surface area contributed by atoms with Crippen LogP contribution < -0.4 is 0 Å². The molecular weight excluding hydrogens is 162 g/mol. The SMILES string of the molecule is CC(C)CCCN(C)CCCCO. The topological polar surface area (TPSA) is 23.5 Å². The first-order valence-electron chi connectivity index (χ1n) is 5.46. The van der Waals surface area contributed by atoms with E-state index in [0.29, 0.717) is 6.61 Å². The van der Waals surface area contributed by atoms with E-state index in [4.69, 9.17) is 5.11 Å². The number of unbranched alkanes of at least 4 members (excludes halogenated alkanes) is 1. The lowest BCUT2D eigenvalue weighted by molar-refractivity contribution is 0.260. The third-order valence-electron chi connectivity index (χ3n) is 2.27. The van der Waals surface area contributed by atoms with Crippen molar-refractivity contribution in [1.29, 1.82) is 0 Å². The summed E-state index contributed by atoms with van der Waals surface area (Å²) in [5, 5.41) is 8.61. The Balaban J connectivity index is 3.15. The van der Waals surface area contributed by atoms with Crippen LogP contribution in [0.15, 0.2) is 0 Å². The molecule has 0 aliphatic carbocycles. The Morgan fingerprint density at radius 2 is 1.69 bits per heavy atom. The highest BCUT2D eigenvalue weighted by molar-refractivity contribution is 4.54. The molecule has 80 valence electrons. The highest BCUT2D eigenvalue weighted by Crippen LogP contribution is 2.04. The third-order valence-corrected chi connectivity index (χ3v) is 2.27. The first-order chi connectivity index (χ1) is 6.16. The third kappa shape index (κ3) is 9.84. The van der Waals surface area contributed by atoms with Crippen LogP contribution >= 0.6 is 0 Å². The summed E-state index contributed by atoms with van der Waals surface area (Å²) >= 11 is 0. The average Bonchev–Trinajstić information content (AvgIpc) is 2.04. The molecule has 0 heterocycles. The van der Waals surface area contributed by atoms with Gasteiger partial charge in [-0.3, -0.25) is 0 Å². The fraction of sp³-hybridized carbons (Fsp3) is 1.00. The predicted molar refractivity (Wildman–Crippen MR) is 57.9 cm³/mol. The van der Waals surface area contributed by atoms with Crippen LogP contribution in [0.3, 0.4) is 0 Å². The zero-order valence-corrected chi connectivity index (χ0v) is 9.42. The predicted octanol–water partition coefficient (Wildman–Crippen LogP) is 2.13. The van der Waals surface area contributed by atoms with E-state index in [1.165, 1.54) is 19.4 Å². The van der Waals surface area contributed by atoms with E-state index in [2.05, 4.69) is 25.8 Å². The molecule has 0 amide bonds. The Kier molecular flexibility index (Phi) is 8.46. The van der Waals surface area contributed by atoms with Gasteiger partial charge in [0.15, 0.2) is 0 Å². The fourth-order valence-corrected chi connectivity index (χ4v) is 1.37. The van der Waals surface area contributed by atoms with E-state index in [0.717, 1.165) is 25.3 Å². The standard InChI is InChI=1S/C11H25NO/c1-11(2)7-6-9-12(3)8-4-5-10-13/h11,13H,4-10H2,1-3H3. The van der Waals surface area contributed by atoms with Gasteiger partial charge >= 0.3 is 0 Å². The summed E-state index contributed by atoms with van der Waals surface area (Å²) in [4.78, 5) is 2.36. The Hall–Kier alpha value is -0.0800. The first kappa shape index (κ1) is 12.9. The van der Waals surface area contributed by atoms with E-state index >= 15 is 0 Å². The molecule has 0 rings (SSSR count). The van der Waals surface area contributed by atoms with Crippen molar-refractivity contribution < 1.29 is 5.11 Å². The van der Waals surface area contributed by atoms with E-state index < -0.39 is 0 Å². The fourth-order valence-electron chi connectivity index (χ4n) is 1.37. The highest BCUT2D eigenvalue weighted by atomic mass is 16.2. The number of hydrogen-bond acceptors (Lipinski definition) is 2. The minimum absolute atomic E-state index is 0.333. The molecular formula is C11H25NO. The van der Waals surface area contributed by atoms with Gasteiger partial charge in [0.25, 0.3) is 0 Å². The van der Waals surface area contributed by atoms with Crippen LogP contribution in [0.2, 0.25) is 0 Å². The minimum atomic E-state index is 0.333. The number of aliphatic hydroxyl groups is 1. The van der Waals surface area contributed by atoms with Crippen molar-refractivity contribution in [2.45, 2.75) is 39.5 Å². The summed E-state index contributed by atoms with van der Waals surface area (Å²) in [6, 6.07) is 0. The molecule has 2 nitrogen and oxygen atoms in total. The van der Waals surface area contributed by atoms with Crippen LogP contribution in [-0.2, 0) is 0 Å². The molecule has 0 aliphatic heterocycles. The zero-order chi connectivity index (χ0) is 10.1. The van der Waals surface area contributed by atoms with Gasteiger partial charge in [0.2, 0.25) is 0 Å². The van der Waals surface area contributed by atoms with Gasteiger partial charge in [-0.25, -0.2) is 0 Å². The van der Waals surface area contributed by atoms with Gasteiger partial charge in [-0.05, 0) is 51.7 Å². The van der Waals surface area contributed by atoms with Crippen molar-refractivity contribution in [2.24, 2.45) is 5.92 Å². The first-order valence-corrected chi connectivity index (χ1v) is 5.46. The minimum Gasteiger partial charge on any atom is -0.396 e. The van der Waals surface area contributed by atoms with E-state index in [9.17, 15) is 0 Å². The second kappa shape index (κ2) is 8.52. The molecule has 0 saturated heterocycles. The summed E-state index contributed by atoms with van der Waals surface area (Å²) in [7, 11) is 2.16. The van der Waals surface area contributed by atoms with Gasteiger partial charge in [0.05, 0.1) is 0 Å². The average molecular weight is 187 g/mol. The molecule has 1 N–H and O–H groups in total. The molecule has 0 saturated carbocycles. The lowest BCUT2D eigenvalue weighted by Crippen LogP contribution is -2.21. The largest absolute Gasteiger partial charge is 0.396 e. The van der Waals surface area contributed by atoms with Crippen molar-refractivity contribution in [2.75, 3.05) is 26.7 Å². The van der Waals surface area contributed by atoms with Gasteiger partial charge in [-0.2, -0.15) is 0 Å². The zero-order valence-electron chi connectivity index (χ0n) is 9.42. The maximum Gasteiger partial charge on any atom is 0.0431 e. The highest BCUT2D eigenvalue weighted by Gasteiger charge is 1.99. The van der Waals surface area contributed by atoms with Crippen LogP contribution in [0.1, 0.15) is 39.5 Å². The van der Waals surface area contributed by atoms with Crippen molar-refractivity contribution in [3.05, 3.63) is 0 Å². The Morgan fingerprint density at radius 3 is 2.23 bits per heavy atom. The van der Waals surface area contributed by atoms with Crippen LogP contribution in [0.25, 0.3) is 0 Å². The normalized spacial score (nSPS) is 11.5. The number of hydrogen-bond donors (Lipinski definition) is 1. The van der Waals surface area contributed by atoms with Crippen LogP contribution in [-0.4, -0.2) is 36.8 Å². The molecule has 0 fully saturated rings. The second-order valence-electron chi connectivity index (χ2n) is 4.27. The number of aliphatic hydroxyl groups excluding tert-OH is 1. The molecule has 0 aromatic rings. The second-order valence-corrected chi connectivity index (χ2v) is 4.27. The lowest BCUT2D eigenvalue weighted by Gasteiger charge is -2.16. The Morgan fingerprint density at radius 1 is 1.08 bits per heavy atom. The Bertz CT molecular complexity index is 104. The molecule has 13 heavy (non-hydrogen) atoms. The van der Waals surface area contributed by atoms with Crippen molar-refractivity contribution >= 4 is 0 Å². The molecule has 0 aromatic heterocycles. The van der Waals surface area contributed by atoms with Gasteiger partial charge < -0.3 is 10.0 Å². The smallest absolute Gasteiger partial charge is 0.0431 e. The summed E-state index contributed by atoms with van der Waals surface area (Å²) in [6.45, 7) is 7.19. The molecule has 0 aromatic carbocycles. The van der Waals surface area contributed by atoms with Crippen LogP contribution in [0.4, 0.5) is 0 Å². The van der Waals surface area contributed by atoms with E-state index in [-0.39, 0.29) is 0 Å². The molecule has 0 aliphatic rings. The maximum absolute atomic E-state index is 8.61. The van der Waals surface area contributed by atoms with Gasteiger partial charge in [0, 0.05) is 6.61 Å². The number of nitrogens with zero attached hydrogens (tertiary/aromatic N) is 1. The van der Waals surface area contributed by atoms with Gasteiger partial charge in [-0.1, -0.05) is 13.8 Å².